The predicted molar refractivity (Wildman–Crippen MR) is 85.1 cm³/mol. The molecule has 0 atom stereocenters. The Morgan fingerprint density at radius 3 is 2.70 bits per heavy atom. The van der Waals surface area contributed by atoms with Crippen LogP contribution in [0, 0.1) is 0 Å². The summed E-state index contributed by atoms with van der Waals surface area (Å²) in [6.07, 6.45) is 1.45. The van der Waals surface area contributed by atoms with Crippen LogP contribution in [0.25, 0.3) is 0 Å². The lowest BCUT2D eigenvalue weighted by Gasteiger charge is -2.15. The first-order chi connectivity index (χ1) is 9.52. The molecule has 20 heavy (non-hydrogen) atoms. The number of hydrogen-bond acceptors (Lipinski definition) is 4. The predicted octanol–water partition coefficient (Wildman–Crippen LogP) is 4.77. The number of rotatable bonds is 4. The van der Waals surface area contributed by atoms with E-state index in [0.29, 0.717) is 11.0 Å². The highest BCUT2D eigenvalue weighted by molar-refractivity contribution is 9.10. The number of halogens is 2. The lowest BCUT2D eigenvalue weighted by Crippen LogP contribution is -2.03. The standard InChI is InChI=1S/C14H15BrClN3O/c1-8(2)12-13(16)17-7-18-14(12)19-9-4-5-10(15)11(6-9)20-3/h4-8H,1-3H3,(H,17,18,19). The molecule has 0 saturated carbocycles. The Balaban J connectivity index is 2.37. The molecule has 0 unspecified atom stereocenters. The molecule has 1 heterocycles. The van der Waals surface area contributed by atoms with Gasteiger partial charge in [0.05, 0.1) is 11.6 Å². The Labute approximate surface area is 131 Å². The zero-order chi connectivity index (χ0) is 14.7. The smallest absolute Gasteiger partial charge is 0.138 e. The van der Waals surface area contributed by atoms with Crippen molar-refractivity contribution in [1.29, 1.82) is 0 Å². The summed E-state index contributed by atoms with van der Waals surface area (Å²) in [5.41, 5.74) is 1.78. The minimum absolute atomic E-state index is 0.226. The lowest BCUT2D eigenvalue weighted by atomic mass is 10.1. The van der Waals surface area contributed by atoms with E-state index in [1.54, 1.807) is 7.11 Å². The summed E-state index contributed by atoms with van der Waals surface area (Å²) in [5, 5.41) is 3.73. The molecule has 0 amide bonds. The van der Waals surface area contributed by atoms with Gasteiger partial charge in [-0.1, -0.05) is 25.4 Å². The third kappa shape index (κ3) is 3.22. The average molecular weight is 357 g/mol. The van der Waals surface area contributed by atoms with Gasteiger partial charge in [-0.25, -0.2) is 9.97 Å². The van der Waals surface area contributed by atoms with Crippen molar-refractivity contribution in [3.05, 3.63) is 39.7 Å². The maximum absolute atomic E-state index is 6.15. The Kier molecular flexibility index (Phi) is 4.83. The van der Waals surface area contributed by atoms with E-state index in [1.165, 1.54) is 6.33 Å². The molecule has 1 aromatic heterocycles. The first kappa shape index (κ1) is 15.1. The first-order valence-corrected chi connectivity index (χ1v) is 7.31. The molecule has 0 saturated heterocycles. The molecule has 1 aromatic carbocycles. The van der Waals surface area contributed by atoms with Gasteiger partial charge in [-0.05, 0) is 34.0 Å². The number of aromatic nitrogens is 2. The van der Waals surface area contributed by atoms with Gasteiger partial charge in [0.1, 0.15) is 23.0 Å². The summed E-state index contributed by atoms with van der Waals surface area (Å²) in [7, 11) is 1.63. The molecule has 0 bridgehead atoms. The molecule has 0 fully saturated rings. The van der Waals surface area contributed by atoms with E-state index in [0.717, 1.165) is 21.5 Å². The van der Waals surface area contributed by atoms with Crippen LogP contribution in [0.3, 0.4) is 0 Å². The topological polar surface area (TPSA) is 47.0 Å². The third-order valence-corrected chi connectivity index (χ3v) is 3.78. The van der Waals surface area contributed by atoms with Crippen LogP contribution in [0.1, 0.15) is 25.3 Å². The molecule has 0 spiro atoms. The van der Waals surface area contributed by atoms with Crippen molar-refractivity contribution < 1.29 is 4.74 Å². The molecule has 0 aliphatic heterocycles. The highest BCUT2D eigenvalue weighted by Crippen LogP contribution is 2.32. The molecular formula is C14H15BrClN3O. The minimum atomic E-state index is 0.226. The number of nitrogens with zero attached hydrogens (tertiary/aromatic N) is 2. The van der Waals surface area contributed by atoms with Crippen LogP contribution in [-0.2, 0) is 0 Å². The van der Waals surface area contributed by atoms with Crippen molar-refractivity contribution in [1.82, 2.24) is 9.97 Å². The fraction of sp³-hybridized carbons (Fsp3) is 0.286. The molecule has 0 radical (unpaired) electrons. The van der Waals surface area contributed by atoms with Crippen molar-refractivity contribution in [3.8, 4) is 5.75 Å². The van der Waals surface area contributed by atoms with Crippen molar-refractivity contribution in [2.24, 2.45) is 0 Å². The van der Waals surface area contributed by atoms with Gasteiger partial charge in [-0.15, -0.1) is 0 Å². The Morgan fingerprint density at radius 1 is 1.30 bits per heavy atom. The second-order valence-electron chi connectivity index (χ2n) is 4.56. The van der Waals surface area contributed by atoms with Gasteiger partial charge in [0, 0.05) is 17.3 Å². The van der Waals surface area contributed by atoms with Gasteiger partial charge in [-0.3, -0.25) is 0 Å². The Hall–Kier alpha value is -1.33. The van der Waals surface area contributed by atoms with Gasteiger partial charge in [0.2, 0.25) is 0 Å². The molecule has 106 valence electrons. The fourth-order valence-corrected chi connectivity index (χ4v) is 2.62. The Bertz CT molecular complexity index is 619. The molecule has 4 nitrogen and oxygen atoms in total. The molecule has 1 N–H and O–H groups in total. The van der Waals surface area contributed by atoms with Gasteiger partial charge < -0.3 is 10.1 Å². The van der Waals surface area contributed by atoms with Gasteiger partial charge in [0.25, 0.3) is 0 Å². The number of hydrogen-bond donors (Lipinski definition) is 1. The number of benzene rings is 1. The molecule has 0 aliphatic carbocycles. The van der Waals surface area contributed by atoms with Crippen LogP contribution >= 0.6 is 27.5 Å². The summed E-state index contributed by atoms with van der Waals surface area (Å²) in [6, 6.07) is 5.75. The van der Waals surface area contributed by atoms with Gasteiger partial charge >= 0.3 is 0 Å². The van der Waals surface area contributed by atoms with E-state index >= 15 is 0 Å². The van der Waals surface area contributed by atoms with Crippen LogP contribution < -0.4 is 10.1 Å². The van der Waals surface area contributed by atoms with Gasteiger partial charge in [0.15, 0.2) is 0 Å². The second-order valence-corrected chi connectivity index (χ2v) is 5.77. The van der Waals surface area contributed by atoms with Crippen molar-refractivity contribution >= 4 is 39.0 Å². The summed E-state index contributed by atoms with van der Waals surface area (Å²) < 4.78 is 6.18. The van der Waals surface area contributed by atoms with E-state index in [4.69, 9.17) is 16.3 Å². The quantitative estimate of drug-likeness (QED) is 0.802. The SMILES string of the molecule is COc1cc(Nc2ncnc(Cl)c2C(C)C)ccc1Br. The number of anilines is 2. The Morgan fingerprint density at radius 2 is 2.05 bits per heavy atom. The summed E-state index contributed by atoms with van der Waals surface area (Å²) in [5.74, 6) is 1.69. The van der Waals surface area contributed by atoms with Crippen LogP contribution in [0.2, 0.25) is 5.15 Å². The zero-order valence-corrected chi connectivity index (χ0v) is 13.8. The summed E-state index contributed by atoms with van der Waals surface area (Å²) in [4.78, 5) is 8.31. The first-order valence-electron chi connectivity index (χ1n) is 6.14. The largest absolute Gasteiger partial charge is 0.495 e. The molecule has 0 aliphatic rings. The van der Waals surface area contributed by atoms with E-state index in [-0.39, 0.29) is 5.92 Å². The monoisotopic (exact) mass is 355 g/mol. The number of nitrogens with one attached hydrogen (secondary N) is 1. The van der Waals surface area contributed by atoms with Crippen LogP contribution in [-0.4, -0.2) is 17.1 Å². The maximum Gasteiger partial charge on any atom is 0.138 e. The van der Waals surface area contributed by atoms with Crippen molar-refractivity contribution in [2.45, 2.75) is 19.8 Å². The fourth-order valence-electron chi connectivity index (χ4n) is 1.86. The molecule has 6 heteroatoms. The second kappa shape index (κ2) is 6.41. The lowest BCUT2D eigenvalue weighted by molar-refractivity contribution is 0.412. The molecular weight excluding hydrogens is 342 g/mol. The van der Waals surface area contributed by atoms with Crippen molar-refractivity contribution in [3.63, 3.8) is 0 Å². The molecule has 2 rings (SSSR count). The number of ether oxygens (including phenoxy) is 1. The third-order valence-electron chi connectivity index (χ3n) is 2.83. The highest BCUT2D eigenvalue weighted by atomic mass is 79.9. The van der Waals surface area contributed by atoms with Crippen LogP contribution in [0.5, 0.6) is 5.75 Å². The van der Waals surface area contributed by atoms with Crippen molar-refractivity contribution in [2.75, 3.05) is 12.4 Å². The van der Waals surface area contributed by atoms with Crippen LogP contribution in [0.15, 0.2) is 29.0 Å². The average Bonchev–Trinajstić information content (AvgIpc) is 2.40. The normalized spacial score (nSPS) is 10.7. The van der Waals surface area contributed by atoms with Gasteiger partial charge in [-0.2, -0.15) is 0 Å². The zero-order valence-electron chi connectivity index (χ0n) is 11.4. The minimum Gasteiger partial charge on any atom is -0.495 e. The molecule has 2 aromatic rings. The van der Waals surface area contributed by atoms with Crippen LogP contribution in [0.4, 0.5) is 11.5 Å². The van der Waals surface area contributed by atoms with E-state index in [1.807, 2.05) is 18.2 Å². The highest BCUT2D eigenvalue weighted by Gasteiger charge is 2.14. The summed E-state index contributed by atoms with van der Waals surface area (Å²) >= 11 is 9.58. The maximum atomic E-state index is 6.15. The van der Waals surface area contributed by atoms with E-state index in [2.05, 4.69) is 45.1 Å². The number of methoxy groups -OCH3 is 1. The van der Waals surface area contributed by atoms with E-state index < -0.39 is 0 Å². The summed E-state index contributed by atoms with van der Waals surface area (Å²) in [6.45, 7) is 4.11. The van der Waals surface area contributed by atoms with E-state index in [9.17, 15) is 0 Å².